The molecular weight excluding hydrogens is 684 g/mol. The molecule has 2 aromatic heterocycles. The Kier molecular flexibility index (Phi) is 12.0. The van der Waals surface area contributed by atoms with E-state index in [2.05, 4.69) is 41.6 Å². The Labute approximate surface area is 271 Å². The van der Waals surface area contributed by atoms with Crippen molar-refractivity contribution in [1.82, 2.24) is 30.5 Å². The third-order valence-electron chi connectivity index (χ3n) is 7.89. The van der Waals surface area contributed by atoms with Crippen LogP contribution in [0.25, 0.3) is 0 Å². The van der Waals surface area contributed by atoms with E-state index in [0.717, 1.165) is 37.0 Å². The van der Waals surface area contributed by atoms with E-state index < -0.39 is 23.5 Å². The molecule has 0 unspecified atom stereocenters. The number of carbonyl (C=O) groups excluding carboxylic acids is 1. The van der Waals surface area contributed by atoms with Gasteiger partial charge in [-0.1, -0.05) is 5.10 Å². The van der Waals surface area contributed by atoms with Crippen molar-refractivity contribution in [1.29, 1.82) is 0 Å². The van der Waals surface area contributed by atoms with Crippen molar-refractivity contribution in [2.24, 2.45) is 18.9 Å². The first-order valence-corrected chi connectivity index (χ1v) is 15.8. The molecule has 4 rings (SSSR count). The number of halogens is 7. The fraction of sp³-hybridized carbons (Fsp3) is 0.567. The number of rotatable bonds is 13. The van der Waals surface area contributed by atoms with Crippen LogP contribution in [0.15, 0.2) is 34.9 Å². The Morgan fingerprint density at radius 1 is 1.02 bits per heavy atom. The highest BCUT2D eigenvalue weighted by Crippen LogP contribution is 2.37. The largest absolute Gasteiger partial charge is 0.466 e. The molecule has 1 fully saturated rings. The molecule has 0 spiro atoms. The van der Waals surface area contributed by atoms with Crippen molar-refractivity contribution in [3.05, 3.63) is 62.9 Å². The van der Waals surface area contributed by atoms with Gasteiger partial charge < -0.3 is 15.0 Å². The lowest BCUT2D eigenvalue weighted by molar-refractivity contribution is -0.145. The number of nitrogens with zero attached hydrogens (tertiary/aromatic N) is 6. The van der Waals surface area contributed by atoms with E-state index in [1.807, 2.05) is 6.07 Å². The molecule has 0 saturated heterocycles. The van der Waals surface area contributed by atoms with Crippen LogP contribution in [-0.2, 0) is 48.4 Å². The van der Waals surface area contributed by atoms with Crippen LogP contribution in [0.2, 0.25) is 0 Å². The summed E-state index contributed by atoms with van der Waals surface area (Å²) in [6.45, 7) is 3.31. The second-order valence-corrected chi connectivity index (χ2v) is 12.4. The molecule has 46 heavy (non-hydrogen) atoms. The maximum Gasteiger partial charge on any atom is 0.416 e. The van der Waals surface area contributed by atoms with Gasteiger partial charge in [0, 0.05) is 48.8 Å². The molecule has 1 saturated carbocycles. The van der Waals surface area contributed by atoms with Crippen LogP contribution >= 0.6 is 15.9 Å². The number of aryl methyl sites for hydroxylation is 1. The molecule has 2 heterocycles. The number of hydrogen-bond acceptors (Lipinski definition) is 8. The minimum Gasteiger partial charge on any atom is -0.466 e. The van der Waals surface area contributed by atoms with Gasteiger partial charge in [-0.25, -0.2) is 0 Å². The average molecular weight is 721 g/mol. The van der Waals surface area contributed by atoms with E-state index >= 15 is 0 Å². The molecule has 0 atom stereocenters. The number of esters is 1. The summed E-state index contributed by atoms with van der Waals surface area (Å²) in [5.74, 6) is 0.739. The zero-order valence-corrected chi connectivity index (χ0v) is 27.1. The normalized spacial score (nSPS) is 17.2. The highest BCUT2D eigenvalue weighted by molar-refractivity contribution is 9.10. The molecule has 1 aliphatic carbocycles. The monoisotopic (exact) mass is 719 g/mol. The summed E-state index contributed by atoms with van der Waals surface area (Å²) in [6.07, 6.45) is -3.32. The zero-order valence-electron chi connectivity index (χ0n) is 25.5. The van der Waals surface area contributed by atoms with Crippen molar-refractivity contribution in [3.8, 4) is 0 Å². The second kappa shape index (κ2) is 15.5. The fourth-order valence-electron chi connectivity index (χ4n) is 5.61. The van der Waals surface area contributed by atoms with Gasteiger partial charge >= 0.3 is 18.3 Å². The van der Waals surface area contributed by atoms with Gasteiger partial charge in [-0.05, 0) is 108 Å². The van der Waals surface area contributed by atoms with Crippen LogP contribution in [-0.4, -0.2) is 50.9 Å². The van der Waals surface area contributed by atoms with E-state index in [9.17, 15) is 31.1 Å². The van der Waals surface area contributed by atoms with E-state index in [1.165, 1.54) is 11.9 Å². The predicted octanol–water partition coefficient (Wildman–Crippen LogP) is 6.50. The average Bonchev–Trinajstić information content (AvgIpc) is 3.42. The lowest BCUT2D eigenvalue weighted by Crippen LogP contribution is -2.29. The number of anilines is 1. The highest BCUT2D eigenvalue weighted by Gasteiger charge is 2.37. The summed E-state index contributed by atoms with van der Waals surface area (Å²) >= 11 is 3.42. The summed E-state index contributed by atoms with van der Waals surface area (Å²) in [7, 11) is 1.51. The van der Waals surface area contributed by atoms with Crippen molar-refractivity contribution < 1.29 is 35.9 Å². The molecular formula is C30H36BrF6N7O2. The third-order valence-corrected chi connectivity index (χ3v) is 8.32. The first-order valence-electron chi connectivity index (χ1n) is 15.0. The Bertz CT molecular complexity index is 1430. The summed E-state index contributed by atoms with van der Waals surface area (Å²) in [4.78, 5) is 19.0. The Balaban J connectivity index is 1.44. The van der Waals surface area contributed by atoms with Gasteiger partial charge in [0.2, 0.25) is 0 Å². The number of ether oxygens (including phenoxy) is 1. The number of carbonyl (C=O) groups is 1. The molecule has 3 aromatic rings. The van der Waals surface area contributed by atoms with Gasteiger partial charge in [0.25, 0.3) is 5.95 Å². The summed E-state index contributed by atoms with van der Waals surface area (Å²) in [5.41, 5.74) is -1.59. The van der Waals surface area contributed by atoms with Gasteiger partial charge in [0.05, 0.1) is 24.8 Å². The van der Waals surface area contributed by atoms with E-state index in [-0.39, 0.29) is 36.6 Å². The highest BCUT2D eigenvalue weighted by atomic mass is 79.9. The summed E-state index contributed by atoms with van der Waals surface area (Å²) in [6, 6.07) is 3.32. The molecule has 0 aliphatic heterocycles. The molecule has 0 bridgehead atoms. The predicted molar refractivity (Wildman–Crippen MR) is 160 cm³/mol. The topological polar surface area (TPSA) is 98.1 Å². The minimum atomic E-state index is -4.97. The Morgan fingerprint density at radius 3 is 2.26 bits per heavy atom. The summed E-state index contributed by atoms with van der Waals surface area (Å²) < 4.78 is 87.0. The molecule has 1 aromatic carbocycles. The van der Waals surface area contributed by atoms with Crippen molar-refractivity contribution in [2.45, 2.75) is 70.9 Å². The van der Waals surface area contributed by atoms with Gasteiger partial charge in [-0.3, -0.25) is 9.78 Å². The van der Waals surface area contributed by atoms with Gasteiger partial charge in [-0.2, -0.15) is 31.1 Å². The molecule has 9 nitrogen and oxygen atoms in total. The molecule has 0 amide bonds. The number of aromatic nitrogens is 5. The maximum atomic E-state index is 13.5. The second-order valence-electron chi connectivity index (χ2n) is 11.5. The van der Waals surface area contributed by atoms with Gasteiger partial charge in [0.15, 0.2) is 0 Å². The number of alkyl halides is 6. The van der Waals surface area contributed by atoms with E-state index in [1.54, 1.807) is 13.1 Å². The third kappa shape index (κ3) is 10.4. The molecule has 252 valence electrons. The zero-order chi connectivity index (χ0) is 33.5. The fourth-order valence-corrected chi connectivity index (χ4v) is 5.99. The number of benzene rings is 1. The molecule has 0 radical (unpaired) electrons. The van der Waals surface area contributed by atoms with Crippen LogP contribution in [0.4, 0.5) is 32.3 Å². The Morgan fingerprint density at radius 2 is 1.67 bits per heavy atom. The van der Waals surface area contributed by atoms with Crippen LogP contribution in [0.1, 0.15) is 67.0 Å². The van der Waals surface area contributed by atoms with Crippen LogP contribution in [0.5, 0.6) is 0 Å². The van der Waals surface area contributed by atoms with Gasteiger partial charge in [0.1, 0.15) is 0 Å². The first kappa shape index (κ1) is 35.6. The molecule has 1 N–H and O–H groups in total. The van der Waals surface area contributed by atoms with Gasteiger partial charge in [-0.15, -0.1) is 5.10 Å². The van der Waals surface area contributed by atoms with Crippen LogP contribution in [0.3, 0.4) is 0 Å². The van der Waals surface area contributed by atoms with Crippen LogP contribution in [0, 0.1) is 11.8 Å². The summed E-state index contributed by atoms with van der Waals surface area (Å²) in [5, 5.41) is 15.4. The minimum absolute atomic E-state index is 0.0380. The number of tetrazole rings is 1. The van der Waals surface area contributed by atoms with Crippen molar-refractivity contribution in [3.63, 3.8) is 0 Å². The Hall–Kier alpha value is -3.27. The standard InChI is InChI=1S/C30H36BrF6N7O2/c1-3-46-27(45)12-19-4-6-20(7-5-19)15-38-9-8-26-22(13-25(31)16-39-26)18-44(28-40-42-43(2)41-28)17-21-10-23(29(32,33)34)14-24(11-21)30(35,36)37/h10-11,13-14,16,19-20,38H,3-9,12,15,17-18H2,1-2H3/t19-,20-. The molecule has 16 heteroatoms. The maximum absolute atomic E-state index is 13.5. The van der Waals surface area contributed by atoms with Crippen molar-refractivity contribution in [2.75, 3.05) is 24.6 Å². The van der Waals surface area contributed by atoms with E-state index in [0.29, 0.717) is 65.7 Å². The SMILES string of the molecule is CCOC(=O)C[C@H]1CC[C@H](CNCCc2ncc(Br)cc2CN(Cc2cc(C(F)(F)F)cc(C(F)(F)F)c2)c2nnn(C)n2)CC1. The number of hydrogen-bond donors (Lipinski definition) is 1. The van der Waals surface area contributed by atoms with Crippen molar-refractivity contribution >= 4 is 27.8 Å². The quantitative estimate of drug-likeness (QED) is 0.122. The first-order chi connectivity index (χ1) is 21.7. The lowest BCUT2D eigenvalue weighted by Gasteiger charge is -2.28. The van der Waals surface area contributed by atoms with Crippen LogP contribution < -0.4 is 10.2 Å². The molecule has 1 aliphatic rings. The number of pyridine rings is 1. The van der Waals surface area contributed by atoms with E-state index in [4.69, 9.17) is 4.74 Å². The lowest BCUT2D eigenvalue weighted by atomic mass is 9.80. The smallest absolute Gasteiger partial charge is 0.416 e. The number of nitrogens with one attached hydrogen (secondary N) is 1.